The smallest absolute Gasteiger partial charge is 0.221 e. The molecule has 0 bridgehead atoms. The topological polar surface area (TPSA) is 46.1 Å². The van der Waals surface area contributed by atoms with Gasteiger partial charge in [0.05, 0.1) is 0 Å². The van der Waals surface area contributed by atoms with Crippen molar-refractivity contribution in [3.63, 3.8) is 0 Å². The van der Waals surface area contributed by atoms with Crippen molar-refractivity contribution in [1.29, 1.82) is 0 Å². The highest BCUT2D eigenvalue weighted by Crippen LogP contribution is 2.21. The molecule has 108 valence electrons. The van der Waals surface area contributed by atoms with Gasteiger partial charge in [0, 0.05) is 49.7 Å². The second-order valence-corrected chi connectivity index (χ2v) is 5.32. The van der Waals surface area contributed by atoms with Gasteiger partial charge < -0.3 is 15.2 Å². The van der Waals surface area contributed by atoms with Gasteiger partial charge in [-0.25, -0.2) is 0 Å². The van der Waals surface area contributed by atoms with Crippen LogP contribution in [0.1, 0.15) is 25.8 Å². The van der Waals surface area contributed by atoms with E-state index in [0.29, 0.717) is 19.0 Å². The molecule has 0 unspecified atom stereocenters. The average Bonchev–Trinajstić information content (AvgIpc) is 2.81. The van der Waals surface area contributed by atoms with Crippen LogP contribution in [0.3, 0.4) is 0 Å². The molecule has 0 radical (unpaired) electrons. The number of para-hydroxylation sites is 1. The van der Waals surface area contributed by atoms with Crippen LogP contribution in [0.15, 0.2) is 30.5 Å². The van der Waals surface area contributed by atoms with E-state index in [-0.39, 0.29) is 5.91 Å². The van der Waals surface area contributed by atoms with Gasteiger partial charge in [-0.15, -0.1) is 0 Å². The molecule has 0 spiro atoms. The number of aryl methyl sites for hydroxylation is 1. The number of nitrogens with zero attached hydrogens (tertiary/aromatic N) is 1. The van der Waals surface area contributed by atoms with Gasteiger partial charge in [0.25, 0.3) is 0 Å². The summed E-state index contributed by atoms with van der Waals surface area (Å²) in [6, 6.07) is 8.81. The van der Waals surface area contributed by atoms with Gasteiger partial charge in [-0.1, -0.05) is 32.0 Å². The van der Waals surface area contributed by atoms with E-state index in [0.717, 1.165) is 6.54 Å². The summed E-state index contributed by atoms with van der Waals surface area (Å²) >= 11 is 0. The summed E-state index contributed by atoms with van der Waals surface area (Å²) in [5, 5.41) is 7.38. The average molecular weight is 273 g/mol. The van der Waals surface area contributed by atoms with Gasteiger partial charge >= 0.3 is 0 Å². The zero-order valence-corrected chi connectivity index (χ0v) is 12.4. The lowest BCUT2D eigenvalue weighted by molar-refractivity contribution is -0.120. The predicted molar refractivity (Wildman–Crippen MR) is 82.6 cm³/mol. The monoisotopic (exact) mass is 273 g/mol. The standard InChI is InChI=1S/C16H23N3O/c1-12(2)18-10-13-11-19(9-8-16(20)17-3)15-7-5-4-6-14(13)15/h4-7,11-12,18H,8-10H2,1-3H3,(H,17,20). The fourth-order valence-corrected chi connectivity index (χ4v) is 2.31. The lowest BCUT2D eigenvalue weighted by Gasteiger charge is -2.06. The maximum absolute atomic E-state index is 11.4. The van der Waals surface area contributed by atoms with Crippen molar-refractivity contribution in [2.45, 2.75) is 39.4 Å². The van der Waals surface area contributed by atoms with E-state index in [1.165, 1.54) is 16.5 Å². The molecule has 1 amide bonds. The van der Waals surface area contributed by atoms with Gasteiger partial charge in [0.1, 0.15) is 0 Å². The summed E-state index contributed by atoms with van der Waals surface area (Å²) < 4.78 is 2.17. The van der Waals surface area contributed by atoms with E-state index in [2.05, 4.69) is 53.4 Å². The number of rotatable bonds is 6. The molecule has 2 rings (SSSR count). The molecule has 1 aromatic heterocycles. The van der Waals surface area contributed by atoms with Gasteiger partial charge in [-0.05, 0) is 11.6 Å². The fourth-order valence-electron chi connectivity index (χ4n) is 2.31. The van der Waals surface area contributed by atoms with Crippen LogP contribution in [0.5, 0.6) is 0 Å². The minimum atomic E-state index is 0.0737. The number of carbonyl (C=O) groups excluding carboxylic acids is 1. The summed E-state index contributed by atoms with van der Waals surface area (Å²) in [6.07, 6.45) is 2.66. The fraction of sp³-hybridized carbons (Fsp3) is 0.438. The van der Waals surface area contributed by atoms with Crippen molar-refractivity contribution >= 4 is 16.8 Å². The summed E-state index contributed by atoms with van der Waals surface area (Å²) in [6.45, 7) is 5.85. The number of benzene rings is 1. The van der Waals surface area contributed by atoms with Gasteiger partial charge in [-0.3, -0.25) is 4.79 Å². The van der Waals surface area contributed by atoms with Gasteiger partial charge in [-0.2, -0.15) is 0 Å². The van der Waals surface area contributed by atoms with Crippen molar-refractivity contribution < 1.29 is 4.79 Å². The third kappa shape index (κ3) is 3.39. The Labute approximate surface area is 120 Å². The number of fused-ring (bicyclic) bond motifs is 1. The second-order valence-electron chi connectivity index (χ2n) is 5.32. The maximum Gasteiger partial charge on any atom is 0.221 e. The Balaban J connectivity index is 2.23. The number of hydrogen-bond acceptors (Lipinski definition) is 2. The third-order valence-corrected chi connectivity index (χ3v) is 3.43. The Bertz CT molecular complexity index is 586. The Morgan fingerprint density at radius 3 is 2.75 bits per heavy atom. The molecule has 20 heavy (non-hydrogen) atoms. The first-order valence-electron chi connectivity index (χ1n) is 7.12. The second kappa shape index (κ2) is 6.57. The molecule has 4 heteroatoms. The van der Waals surface area contributed by atoms with Crippen LogP contribution in [0, 0.1) is 0 Å². The van der Waals surface area contributed by atoms with Crippen LogP contribution >= 0.6 is 0 Å². The molecule has 0 atom stereocenters. The largest absolute Gasteiger partial charge is 0.359 e. The lowest BCUT2D eigenvalue weighted by Crippen LogP contribution is -2.21. The Hall–Kier alpha value is -1.81. The SMILES string of the molecule is CNC(=O)CCn1cc(CNC(C)C)c2ccccc21. The van der Waals surface area contributed by atoms with Crippen LogP contribution in [0.25, 0.3) is 10.9 Å². The van der Waals surface area contributed by atoms with Crippen molar-refractivity contribution in [2.75, 3.05) is 7.05 Å². The lowest BCUT2D eigenvalue weighted by atomic mass is 10.1. The minimum absolute atomic E-state index is 0.0737. The molecule has 2 aromatic rings. The van der Waals surface area contributed by atoms with Crippen LogP contribution in [-0.2, 0) is 17.9 Å². The summed E-state index contributed by atoms with van der Waals surface area (Å²) in [5.41, 5.74) is 2.48. The van der Waals surface area contributed by atoms with E-state index in [9.17, 15) is 4.79 Å². The first-order chi connectivity index (χ1) is 9.61. The van der Waals surface area contributed by atoms with E-state index in [1.54, 1.807) is 7.05 Å². The number of hydrogen-bond donors (Lipinski definition) is 2. The Morgan fingerprint density at radius 2 is 2.05 bits per heavy atom. The quantitative estimate of drug-likeness (QED) is 0.848. The first kappa shape index (κ1) is 14.6. The minimum Gasteiger partial charge on any atom is -0.359 e. The Morgan fingerprint density at radius 1 is 1.30 bits per heavy atom. The molecule has 4 nitrogen and oxygen atoms in total. The molecule has 1 heterocycles. The summed E-state index contributed by atoms with van der Waals surface area (Å²) in [7, 11) is 1.67. The summed E-state index contributed by atoms with van der Waals surface area (Å²) in [4.78, 5) is 11.4. The van der Waals surface area contributed by atoms with Crippen molar-refractivity contribution in [2.24, 2.45) is 0 Å². The van der Waals surface area contributed by atoms with Crippen molar-refractivity contribution in [3.8, 4) is 0 Å². The number of carbonyl (C=O) groups is 1. The highest BCUT2D eigenvalue weighted by molar-refractivity contribution is 5.84. The predicted octanol–water partition coefficient (Wildman–Crippen LogP) is 2.28. The zero-order chi connectivity index (χ0) is 14.5. The van der Waals surface area contributed by atoms with E-state index >= 15 is 0 Å². The molecule has 0 aliphatic heterocycles. The Kier molecular flexibility index (Phi) is 4.79. The zero-order valence-electron chi connectivity index (χ0n) is 12.4. The molecule has 0 saturated carbocycles. The third-order valence-electron chi connectivity index (χ3n) is 3.43. The number of nitrogens with one attached hydrogen (secondary N) is 2. The molecule has 0 saturated heterocycles. The van der Waals surface area contributed by atoms with E-state index in [4.69, 9.17) is 0 Å². The maximum atomic E-state index is 11.4. The van der Waals surface area contributed by atoms with Crippen LogP contribution < -0.4 is 10.6 Å². The molecular formula is C16H23N3O. The van der Waals surface area contributed by atoms with Gasteiger partial charge in [0.15, 0.2) is 0 Å². The van der Waals surface area contributed by atoms with Crippen LogP contribution in [0.2, 0.25) is 0 Å². The molecular weight excluding hydrogens is 250 g/mol. The first-order valence-corrected chi connectivity index (χ1v) is 7.12. The van der Waals surface area contributed by atoms with Gasteiger partial charge in [0.2, 0.25) is 5.91 Å². The van der Waals surface area contributed by atoms with Crippen LogP contribution in [0.4, 0.5) is 0 Å². The normalized spacial score (nSPS) is 11.2. The number of amides is 1. The van der Waals surface area contributed by atoms with E-state index in [1.807, 2.05) is 6.07 Å². The summed E-state index contributed by atoms with van der Waals surface area (Å²) in [5.74, 6) is 0.0737. The molecule has 0 aliphatic rings. The number of aromatic nitrogens is 1. The molecule has 0 fully saturated rings. The highest BCUT2D eigenvalue weighted by Gasteiger charge is 2.09. The van der Waals surface area contributed by atoms with E-state index < -0.39 is 0 Å². The molecule has 0 aliphatic carbocycles. The van der Waals surface area contributed by atoms with Crippen molar-refractivity contribution in [3.05, 3.63) is 36.0 Å². The van der Waals surface area contributed by atoms with Crippen molar-refractivity contribution in [1.82, 2.24) is 15.2 Å². The molecule has 1 aromatic carbocycles. The molecule has 2 N–H and O–H groups in total. The van der Waals surface area contributed by atoms with Crippen LogP contribution in [-0.4, -0.2) is 23.6 Å². The highest BCUT2D eigenvalue weighted by atomic mass is 16.1.